The summed E-state index contributed by atoms with van der Waals surface area (Å²) < 4.78 is 0. The molecule has 0 saturated heterocycles. The number of aryl methyl sites for hydroxylation is 1. The van der Waals surface area contributed by atoms with Crippen LogP contribution in [0.15, 0.2) is 23.2 Å². The summed E-state index contributed by atoms with van der Waals surface area (Å²) in [5, 5.41) is 7.33. The first kappa shape index (κ1) is 23.0. The van der Waals surface area contributed by atoms with E-state index in [0.717, 1.165) is 5.56 Å². The molecule has 4 amide bonds. The van der Waals surface area contributed by atoms with E-state index in [2.05, 4.69) is 27.7 Å². The van der Waals surface area contributed by atoms with Gasteiger partial charge in [0.15, 0.2) is 0 Å². The molecule has 1 atom stereocenters. The first-order valence-electron chi connectivity index (χ1n) is 9.06. The summed E-state index contributed by atoms with van der Waals surface area (Å²) in [7, 11) is 0. The molecule has 0 saturated carbocycles. The lowest BCUT2D eigenvalue weighted by Gasteiger charge is -2.27. The van der Waals surface area contributed by atoms with E-state index in [1.807, 2.05) is 6.92 Å². The molecule has 1 rings (SSSR count). The van der Waals surface area contributed by atoms with Crippen molar-refractivity contribution in [3.8, 4) is 0 Å². The van der Waals surface area contributed by atoms with Crippen LogP contribution in [0.1, 0.15) is 39.7 Å². The van der Waals surface area contributed by atoms with Gasteiger partial charge >= 0.3 is 6.03 Å². The van der Waals surface area contributed by atoms with Gasteiger partial charge in [-0.2, -0.15) is 0 Å². The first-order valence-corrected chi connectivity index (χ1v) is 9.06. The van der Waals surface area contributed by atoms with Gasteiger partial charge in [0.05, 0.1) is 5.69 Å². The summed E-state index contributed by atoms with van der Waals surface area (Å²) in [6, 6.07) is 4.34. The maximum absolute atomic E-state index is 12.8. The molecule has 8 nitrogen and oxygen atoms in total. The van der Waals surface area contributed by atoms with E-state index < -0.39 is 23.3 Å². The van der Waals surface area contributed by atoms with Gasteiger partial charge in [0.2, 0.25) is 11.8 Å². The Labute approximate surface area is 165 Å². The predicted octanol–water partition coefficient (Wildman–Crippen LogP) is 2.73. The Hall–Kier alpha value is -3.03. The molecular weight excluding hydrogens is 360 g/mol. The second-order valence-corrected chi connectivity index (χ2v) is 7.05. The van der Waals surface area contributed by atoms with Gasteiger partial charge in [0.25, 0.3) is 0 Å². The molecule has 1 unspecified atom stereocenters. The molecule has 1 aromatic rings. The number of carbonyl (C=O) groups excluding carboxylic acids is 4. The minimum absolute atomic E-state index is 0.122. The Morgan fingerprint density at radius 3 is 2.36 bits per heavy atom. The third-order valence-electron chi connectivity index (χ3n) is 4.43. The highest BCUT2D eigenvalue weighted by Crippen LogP contribution is 2.25. The van der Waals surface area contributed by atoms with Gasteiger partial charge in [-0.3, -0.25) is 24.7 Å². The molecule has 0 aliphatic carbocycles. The Bertz CT molecular complexity index is 788. The van der Waals surface area contributed by atoms with Crippen molar-refractivity contribution in [1.29, 1.82) is 0 Å². The molecule has 0 bridgehead atoms. The summed E-state index contributed by atoms with van der Waals surface area (Å²) in [4.78, 5) is 52.7. The Morgan fingerprint density at radius 2 is 1.86 bits per heavy atom. The number of nitrogens with one attached hydrogen (secondary N) is 3. The summed E-state index contributed by atoms with van der Waals surface area (Å²) in [6.45, 7) is 11.5. The van der Waals surface area contributed by atoms with Gasteiger partial charge in [0.1, 0.15) is 11.2 Å². The number of urea groups is 1. The predicted molar refractivity (Wildman–Crippen MR) is 109 cm³/mol. The van der Waals surface area contributed by atoms with Gasteiger partial charge in [-0.05, 0) is 44.3 Å². The minimum atomic E-state index is -1.49. The highest BCUT2D eigenvalue weighted by molar-refractivity contribution is 6.11. The van der Waals surface area contributed by atoms with Crippen molar-refractivity contribution >= 4 is 41.7 Å². The van der Waals surface area contributed by atoms with Gasteiger partial charge in [-0.15, -0.1) is 0 Å². The van der Waals surface area contributed by atoms with Crippen LogP contribution in [-0.2, 0) is 14.4 Å². The average Bonchev–Trinajstić information content (AvgIpc) is 2.65. The summed E-state index contributed by atoms with van der Waals surface area (Å²) in [6.07, 6.45) is 0.122. The van der Waals surface area contributed by atoms with Crippen LogP contribution < -0.4 is 16.0 Å². The number of imide groups is 1. The Balaban J connectivity index is 2.93. The topological polar surface area (TPSA) is 117 Å². The molecule has 0 spiro atoms. The molecule has 0 aliphatic heterocycles. The van der Waals surface area contributed by atoms with Gasteiger partial charge in [0, 0.05) is 24.6 Å². The van der Waals surface area contributed by atoms with Crippen LogP contribution in [0, 0.1) is 18.3 Å². The molecule has 3 N–H and O–H groups in total. The highest BCUT2D eigenvalue weighted by Gasteiger charge is 2.40. The lowest BCUT2D eigenvalue weighted by molar-refractivity contribution is -0.137. The molecule has 152 valence electrons. The summed E-state index contributed by atoms with van der Waals surface area (Å²) >= 11 is 0. The lowest BCUT2D eigenvalue weighted by atomic mass is 9.83. The fourth-order valence-electron chi connectivity index (χ4n) is 2.43. The number of carbonyl (C=O) groups is 4. The molecule has 0 heterocycles. The number of rotatable bonds is 8. The van der Waals surface area contributed by atoms with E-state index in [9.17, 15) is 19.2 Å². The van der Waals surface area contributed by atoms with Crippen LogP contribution in [0.2, 0.25) is 0 Å². The van der Waals surface area contributed by atoms with Crippen LogP contribution in [0.5, 0.6) is 0 Å². The fourth-order valence-corrected chi connectivity index (χ4v) is 2.43. The molecule has 8 heteroatoms. The Kier molecular flexibility index (Phi) is 8.03. The zero-order chi connectivity index (χ0) is 21.5. The largest absolute Gasteiger partial charge is 0.336 e. The number of Topliss-reactive ketones (excluding diaryl/α,β-unsaturated/α-hetero) is 1. The smallest absolute Gasteiger partial charge is 0.321 e. The molecule has 0 aromatic heterocycles. The third kappa shape index (κ3) is 5.73. The van der Waals surface area contributed by atoms with Crippen molar-refractivity contribution in [2.24, 2.45) is 16.3 Å². The maximum Gasteiger partial charge on any atom is 0.321 e. The normalized spacial score (nSPS) is 12.6. The monoisotopic (exact) mass is 388 g/mol. The van der Waals surface area contributed by atoms with Crippen LogP contribution in [0.4, 0.5) is 16.2 Å². The number of amides is 4. The minimum Gasteiger partial charge on any atom is -0.336 e. The van der Waals surface area contributed by atoms with Crippen molar-refractivity contribution in [1.82, 2.24) is 10.6 Å². The number of hydrogen-bond acceptors (Lipinski definition) is 5. The van der Waals surface area contributed by atoms with E-state index in [1.165, 1.54) is 6.92 Å². The van der Waals surface area contributed by atoms with Gasteiger partial charge in [-0.1, -0.05) is 20.8 Å². The van der Waals surface area contributed by atoms with E-state index in [-0.39, 0.29) is 24.7 Å². The second-order valence-electron chi connectivity index (χ2n) is 7.05. The quantitative estimate of drug-likeness (QED) is 0.469. The maximum atomic E-state index is 12.8. The van der Waals surface area contributed by atoms with E-state index in [1.54, 1.807) is 39.0 Å². The standard InChI is InChI=1S/C20H28N4O4/c1-7-16(25)20(5,11-22-19(28)24-17(26)12(2)3)18(27)23-14-8-9-15(21-6)13(4)10-14/h8-10,12H,6-7,11H2,1-5H3,(H,23,27)(H2,22,24,26,28). The molecule has 0 aliphatic rings. The number of aliphatic imine (C=N–C) groups is 1. The third-order valence-corrected chi connectivity index (χ3v) is 4.43. The zero-order valence-electron chi connectivity index (χ0n) is 17.0. The van der Waals surface area contributed by atoms with Crippen LogP contribution in [-0.4, -0.2) is 36.9 Å². The number of ketones is 1. The van der Waals surface area contributed by atoms with E-state index in [4.69, 9.17) is 0 Å². The molecule has 0 fully saturated rings. The van der Waals surface area contributed by atoms with Crippen LogP contribution in [0.25, 0.3) is 0 Å². The van der Waals surface area contributed by atoms with E-state index >= 15 is 0 Å². The number of nitrogens with zero attached hydrogens (tertiary/aromatic N) is 1. The second kappa shape index (κ2) is 9.77. The molecular formula is C20H28N4O4. The molecule has 0 radical (unpaired) electrons. The van der Waals surface area contributed by atoms with Crippen molar-refractivity contribution in [3.05, 3.63) is 23.8 Å². The summed E-state index contributed by atoms with van der Waals surface area (Å²) in [5.41, 5.74) is 0.528. The highest BCUT2D eigenvalue weighted by atomic mass is 16.2. The first-order chi connectivity index (χ1) is 13.0. The van der Waals surface area contributed by atoms with Crippen molar-refractivity contribution in [3.63, 3.8) is 0 Å². The van der Waals surface area contributed by atoms with Crippen molar-refractivity contribution in [2.75, 3.05) is 11.9 Å². The number of anilines is 1. The van der Waals surface area contributed by atoms with Crippen molar-refractivity contribution < 1.29 is 19.2 Å². The number of hydrogen-bond donors (Lipinski definition) is 3. The van der Waals surface area contributed by atoms with Crippen LogP contribution in [0.3, 0.4) is 0 Å². The van der Waals surface area contributed by atoms with Crippen LogP contribution >= 0.6 is 0 Å². The van der Waals surface area contributed by atoms with E-state index in [0.29, 0.717) is 11.4 Å². The van der Waals surface area contributed by atoms with Gasteiger partial charge in [-0.25, -0.2) is 4.79 Å². The van der Waals surface area contributed by atoms with Gasteiger partial charge < -0.3 is 10.6 Å². The summed E-state index contributed by atoms with van der Waals surface area (Å²) in [5.74, 6) is -1.69. The zero-order valence-corrected chi connectivity index (χ0v) is 17.0. The SMILES string of the molecule is C=Nc1ccc(NC(=O)C(C)(CNC(=O)NC(=O)C(C)C)C(=O)CC)cc1C. The lowest BCUT2D eigenvalue weighted by Crippen LogP contribution is -2.51. The number of benzene rings is 1. The molecule has 28 heavy (non-hydrogen) atoms. The van der Waals surface area contributed by atoms with Crippen molar-refractivity contribution in [2.45, 2.75) is 41.0 Å². The average molecular weight is 388 g/mol. The fraction of sp³-hybridized carbons (Fsp3) is 0.450. The Morgan fingerprint density at radius 1 is 1.21 bits per heavy atom. The molecule has 1 aromatic carbocycles.